The van der Waals surface area contributed by atoms with E-state index < -0.39 is 0 Å². The van der Waals surface area contributed by atoms with E-state index >= 15 is 0 Å². The molecular weight excluding hydrogens is 334 g/mol. The molecule has 136 valence electrons. The second kappa shape index (κ2) is 7.26. The van der Waals surface area contributed by atoms with Gasteiger partial charge in [0.25, 0.3) is 0 Å². The molecule has 5 heteroatoms. The highest BCUT2D eigenvalue weighted by atomic mass is 35.5. The van der Waals surface area contributed by atoms with Gasteiger partial charge in [0.1, 0.15) is 0 Å². The Morgan fingerprint density at radius 2 is 1.96 bits per heavy atom. The molecule has 3 aliphatic rings. The quantitative estimate of drug-likeness (QED) is 0.899. The zero-order valence-corrected chi connectivity index (χ0v) is 15.6. The Hall–Kier alpha value is -1.10. The summed E-state index contributed by atoms with van der Waals surface area (Å²) < 4.78 is 0. The van der Waals surface area contributed by atoms with Gasteiger partial charge in [0.2, 0.25) is 5.91 Å². The molecule has 3 fully saturated rings. The van der Waals surface area contributed by atoms with E-state index in [2.05, 4.69) is 15.1 Å². The molecule has 1 atom stereocenters. The lowest BCUT2D eigenvalue weighted by molar-refractivity contribution is -0.128. The highest BCUT2D eigenvalue weighted by Gasteiger charge is 2.45. The van der Waals surface area contributed by atoms with Crippen molar-refractivity contribution in [3.63, 3.8) is 0 Å². The van der Waals surface area contributed by atoms with Crippen molar-refractivity contribution in [2.24, 2.45) is 5.41 Å². The van der Waals surface area contributed by atoms with Crippen LogP contribution in [0.5, 0.6) is 0 Å². The van der Waals surface area contributed by atoms with E-state index in [1.807, 2.05) is 24.3 Å². The summed E-state index contributed by atoms with van der Waals surface area (Å²) in [6.07, 6.45) is 5.66. The van der Waals surface area contributed by atoms with E-state index in [0.717, 1.165) is 50.5 Å². The van der Waals surface area contributed by atoms with Gasteiger partial charge in [0.15, 0.2) is 0 Å². The van der Waals surface area contributed by atoms with Crippen molar-refractivity contribution in [1.82, 2.24) is 15.1 Å². The summed E-state index contributed by atoms with van der Waals surface area (Å²) in [7, 11) is 0. The summed E-state index contributed by atoms with van der Waals surface area (Å²) in [6, 6.07) is 8.57. The number of benzene rings is 1. The van der Waals surface area contributed by atoms with Crippen LogP contribution in [0.1, 0.15) is 37.7 Å². The monoisotopic (exact) mass is 361 g/mol. The average molecular weight is 362 g/mol. The zero-order valence-electron chi connectivity index (χ0n) is 14.8. The summed E-state index contributed by atoms with van der Waals surface area (Å²) in [5.74, 6) is 0.322. The number of halogens is 1. The van der Waals surface area contributed by atoms with Crippen LogP contribution in [0.2, 0.25) is 5.02 Å². The number of carbonyl (C=O) groups is 1. The molecule has 1 aromatic carbocycles. The van der Waals surface area contributed by atoms with Gasteiger partial charge in [-0.2, -0.15) is 0 Å². The van der Waals surface area contributed by atoms with Gasteiger partial charge in [-0.1, -0.05) is 23.7 Å². The van der Waals surface area contributed by atoms with Crippen molar-refractivity contribution in [3.05, 3.63) is 34.9 Å². The molecule has 0 aromatic heterocycles. The number of nitrogens with zero attached hydrogens (tertiary/aromatic N) is 2. The summed E-state index contributed by atoms with van der Waals surface area (Å²) >= 11 is 5.96. The molecule has 25 heavy (non-hydrogen) atoms. The molecule has 4 rings (SSSR count). The third-order valence-electron chi connectivity index (χ3n) is 6.34. The first kappa shape index (κ1) is 17.3. The highest BCUT2D eigenvalue weighted by molar-refractivity contribution is 6.30. The lowest BCUT2D eigenvalue weighted by Gasteiger charge is -2.43. The fourth-order valence-corrected chi connectivity index (χ4v) is 4.91. The number of nitrogens with one attached hydrogen (secondary N) is 1. The molecule has 1 spiro atoms. The van der Waals surface area contributed by atoms with E-state index in [4.69, 9.17) is 11.6 Å². The zero-order chi connectivity index (χ0) is 17.3. The number of hydrogen-bond donors (Lipinski definition) is 1. The van der Waals surface area contributed by atoms with Crippen molar-refractivity contribution in [2.75, 3.05) is 32.7 Å². The summed E-state index contributed by atoms with van der Waals surface area (Å²) in [5.41, 5.74) is 1.38. The van der Waals surface area contributed by atoms with Crippen molar-refractivity contribution >= 4 is 17.5 Å². The molecule has 4 nitrogen and oxygen atoms in total. The average Bonchev–Trinajstić information content (AvgIpc) is 2.93. The number of likely N-dealkylation sites (tertiary alicyclic amines) is 2. The van der Waals surface area contributed by atoms with Gasteiger partial charge in [-0.15, -0.1) is 0 Å². The molecule has 0 radical (unpaired) electrons. The topological polar surface area (TPSA) is 35.6 Å². The minimum atomic E-state index is 0.210. The number of hydrogen-bond acceptors (Lipinski definition) is 3. The Morgan fingerprint density at radius 3 is 2.64 bits per heavy atom. The predicted octanol–water partition coefficient (Wildman–Crippen LogP) is 2.91. The first-order valence-electron chi connectivity index (χ1n) is 9.61. The number of rotatable bonds is 3. The van der Waals surface area contributed by atoms with Gasteiger partial charge in [-0.3, -0.25) is 9.69 Å². The standard InChI is InChI=1S/C20H28ClN3O/c21-17-5-3-16(4-6-17)14-24-15-20(12-19(24)25)7-10-23(11-8-20)18-2-1-9-22-13-18/h3-6,18,22H,1-2,7-15H2/t18-/m1/s1. The SMILES string of the molecule is O=C1CC2(CCN([C@@H]3CCCNC3)CC2)CN1Cc1ccc(Cl)cc1. The third-order valence-corrected chi connectivity index (χ3v) is 6.59. The maximum atomic E-state index is 12.6. The van der Waals surface area contributed by atoms with Crippen molar-refractivity contribution in [3.8, 4) is 0 Å². The van der Waals surface area contributed by atoms with E-state index in [9.17, 15) is 4.79 Å². The molecule has 0 saturated carbocycles. The molecule has 1 N–H and O–H groups in total. The van der Waals surface area contributed by atoms with Gasteiger partial charge >= 0.3 is 0 Å². The number of piperidine rings is 2. The number of amides is 1. The van der Waals surface area contributed by atoms with Crippen LogP contribution in [0.3, 0.4) is 0 Å². The lowest BCUT2D eigenvalue weighted by Crippen LogP contribution is -2.51. The van der Waals surface area contributed by atoms with E-state index in [-0.39, 0.29) is 5.41 Å². The van der Waals surface area contributed by atoms with Crippen LogP contribution in [0.4, 0.5) is 0 Å². The van der Waals surface area contributed by atoms with Crippen molar-refractivity contribution in [1.29, 1.82) is 0 Å². The van der Waals surface area contributed by atoms with Crippen LogP contribution in [-0.2, 0) is 11.3 Å². The maximum absolute atomic E-state index is 12.6. The van der Waals surface area contributed by atoms with Gasteiger partial charge in [-0.25, -0.2) is 0 Å². The Labute approximate surface area is 155 Å². The van der Waals surface area contributed by atoms with Crippen LogP contribution in [0, 0.1) is 5.41 Å². The minimum Gasteiger partial charge on any atom is -0.338 e. The Morgan fingerprint density at radius 1 is 1.20 bits per heavy atom. The van der Waals surface area contributed by atoms with Crippen LogP contribution in [-0.4, -0.2) is 54.5 Å². The van der Waals surface area contributed by atoms with Crippen molar-refractivity contribution < 1.29 is 4.79 Å². The molecule has 3 heterocycles. The lowest BCUT2D eigenvalue weighted by atomic mass is 9.77. The minimum absolute atomic E-state index is 0.210. The Balaban J connectivity index is 1.34. The smallest absolute Gasteiger partial charge is 0.223 e. The molecule has 0 bridgehead atoms. The van der Waals surface area contributed by atoms with E-state index in [0.29, 0.717) is 18.5 Å². The second-order valence-corrected chi connectivity index (χ2v) is 8.53. The van der Waals surface area contributed by atoms with E-state index in [1.54, 1.807) is 0 Å². The fraction of sp³-hybridized carbons (Fsp3) is 0.650. The highest BCUT2D eigenvalue weighted by Crippen LogP contribution is 2.42. The normalized spacial score (nSPS) is 27.2. The van der Waals surface area contributed by atoms with Crippen LogP contribution >= 0.6 is 11.6 Å². The maximum Gasteiger partial charge on any atom is 0.223 e. The Bertz CT molecular complexity index is 604. The van der Waals surface area contributed by atoms with Crippen LogP contribution < -0.4 is 5.32 Å². The third kappa shape index (κ3) is 3.86. The predicted molar refractivity (Wildman–Crippen MR) is 101 cm³/mol. The van der Waals surface area contributed by atoms with Crippen LogP contribution in [0.15, 0.2) is 24.3 Å². The molecule has 0 unspecified atom stereocenters. The van der Waals surface area contributed by atoms with E-state index in [1.165, 1.54) is 24.9 Å². The molecule has 1 amide bonds. The molecular formula is C20H28ClN3O. The van der Waals surface area contributed by atoms with Crippen molar-refractivity contribution in [2.45, 2.75) is 44.7 Å². The molecule has 3 saturated heterocycles. The summed E-state index contributed by atoms with van der Waals surface area (Å²) in [5, 5.41) is 4.27. The van der Waals surface area contributed by atoms with Crippen LogP contribution in [0.25, 0.3) is 0 Å². The first-order chi connectivity index (χ1) is 12.1. The molecule has 3 aliphatic heterocycles. The second-order valence-electron chi connectivity index (χ2n) is 8.09. The molecule has 1 aromatic rings. The van der Waals surface area contributed by atoms with Gasteiger partial charge in [-0.05, 0) is 68.4 Å². The first-order valence-corrected chi connectivity index (χ1v) is 9.98. The summed E-state index contributed by atoms with van der Waals surface area (Å²) in [4.78, 5) is 17.3. The van der Waals surface area contributed by atoms with Gasteiger partial charge in [0, 0.05) is 37.1 Å². The largest absolute Gasteiger partial charge is 0.338 e. The molecule has 0 aliphatic carbocycles. The van der Waals surface area contributed by atoms with Gasteiger partial charge in [0.05, 0.1) is 0 Å². The van der Waals surface area contributed by atoms with Gasteiger partial charge < -0.3 is 10.2 Å². The summed E-state index contributed by atoms with van der Waals surface area (Å²) in [6.45, 7) is 6.24. The fourth-order valence-electron chi connectivity index (χ4n) is 4.78. The number of carbonyl (C=O) groups excluding carboxylic acids is 1. The Kier molecular flexibility index (Phi) is 5.03.